The summed E-state index contributed by atoms with van der Waals surface area (Å²) in [5.74, 6) is 0. The molecule has 1 fully saturated rings. The number of allylic oxidation sites excluding steroid dienone is 6. The Balaban J connectivity index is 0.000000283. The Bertz CT molecular complexity index is 1340. The molecule has 4 rings (SSSR count). The zero-order valence-electron chi connectivity index (χ0n) is 24.7. The summed E-state index contributed by atoms with van der Waals surface area (Å²) in [5, 5.41) is 0. The maximum Gasteiger partial charge on any atom is 0.0736 e. The molecule has 0 unspecified atom stereocenters. The van der Waals surface area contributed by atoms with Crippen molar-refractivity contribution in [3.63, 3.8) is 0 Å². The Hall–Kier alpha value is -3.75. The Morgan fingerprint density at radius 1 is 0.825 bits per heavy atom. The van der Waals surface area contributed by atoms with Crippen LogP contribution in [0.5, 0.6) is 0 Å². The van der Waals surface area contributed by atoms with Crippen molar-refractivity contribution in [1.82, 2.24) is 9.88 Å². The quantitative estimate of drug-likeness (QED) is 0.294. The lowest BCUT2D eigenvalue weighted by molar-refractivity contribution is 0.313. The Morgan fingerprint density at radius 3 is 1.93 bits per heavy atom. The van der Waals surface area contributed by atoms with Crippen molar-refractivity contribution in [3.8, 4) is 0 Å². The van der Waals surface area contributed by atoms with Gasteiger partial charge in [-0.2, -0.15) is 0 Å². The molecule has 1 aromatic heterocycles. The highest BCUT2D eigenvalue weighted by atomic mass is 15.1. The van der Waals surface area contributed by atoms with Gasteiger partial charge in [0, 0.05) is 24.9 Å². The van der Waals surface area contributed by atoms with Crippen molar-refractivity contribution < 1.29 is 0 Å². The third kappa shape index (κ3) is 8.37. The fourth-order valence-electron chi connectivity index (χ4n) is 4.91. The van der Waals surface area contributed by atoms with Crippen LogP contribution in [0.1, 0.15) is 67.6 Å². The lowest BCUT2D eigenvalue weighted by atomic mass is 9.87. The van der Waals surface area contributed by atoms with Gasteiger partial charge in [0.2, 0.25) is 0 Å². The predicted octanol–water partition coefficient (Wildman–Crippen LogP) is 9.95. The first kappa shape index (κ1) is 32.5. The third-order valence-corrected chi connectivity index (χ3v) is 7.60. The van der Waals surface area contributed by atoms with Crippen molar-refractivity contribution in [2.24, 2.45) is 0 Å². The molecule has 2 nitrogen and oxygen atoms in total. The monoisotopic (exact) mass is 532 g/mol. The summed E-state index contributed by atoms with van der Waals surface area (Å²) >= 11 is 0. The van der Waals surface area contributed by atoms with E-state index in [-0.39, 0.29) is 7.43 Å². The summed E-state index contributed by atoms with van der Waals surface area (Å²) in [7, 11) is 2.20. The van der Waals surface area contributed by atoms with Gasteiger partial charge in [0.25, 0.3) is 0 Å². The van der Waals surface area contributed by atoms with Gasteiger partial charge in [0.15, 0.2) is 0 Å². The minimum atomic E-state index is 0. The molecule has 2 heterocycles. The summed E-state index contributed by atoms with van der Waals surface area (Å²) in [6.45, 7) is 20.8. The number of aromatic nitrogens is 1. The number of nitrogens with zero attached hydrogens (tertiary/aromatic N) is 2. The van der Waals surface area contributed by atoms with Gasteiger partial charge in [-0.3, -0.25) is 4.98 Å². The highest BCUT2D eigenvalue weighted by Crippen LogP contribution is 2.34. The largest absolute Gasteiger partial charge is 0.306 e. The van der Waals surface area contributed by atoms with Crippen LogP contribution in [0.15, 0.2) is 115 Å². The van der Waals surface area contributed by atoms with E-state index in [0.717, 1.165) is 37.2 Å². The van der Waals surface area contributed by atoms with Gasteiger partial charge in [0.1, 0.15) is 0 Å². The highest BCUT2D eigenvalue weighted by Gasteiger charge is 2.20. The SMILES string of the molecule is C.C=C/C=C\C(C)=C(/C)C(=C)c1ccccc1C.Cc1ccccc1C(=C1CCN(C)CC1)c1ncccc1C. The van der Waals surface area contributed by atoms with Gasteiger partial charge in [-0.1, -0.05) is 99.0 Å². The van der Waals surface area contributed by atoms with E-state index in [1.807, 2.05) is 18.3 Å². The molecule has 0 N–H and O–H groups in total. The summed E-state index contributed by atoms with van der Waals surface area (Å²) in [4.78, 5) is 7.13. The van der Waals surface area contributed by atoms with Crippen molar-refractivity contribution in [3.05, 3.63) is 148 Å². The minimum Gasteiger partial charge on any atom is -0.306 e. The van der Waals surface area contributed by atoms with E-state index in [0.29, 0.717) is 0 Å². The molecule has 1 saturated heterocycles. The number of piperidine rings is 1. The summed E-state index contributed by atoms with van der Waals surface area (Å²) in [6, 6.07) is 21.2. The smallest absolute Gasteiger partial charge is 0.0736 e. The molecule has 1 aliphatic heterocycles. The van der Waals surface area contributed by atoms with E-state index in [1.54, 1.807) is 11.6 Å². The number of aryl methyl sites for hydroxylation is 3. The molecule has 210 valence electrons. The Morgan fingerprint density at radius 2 is 1.38 bits per heavy atom. The Kier molecular flexibility index (Phi) is 12.8. The van der Waals surface area contributed by atoms with Gasteiger partial charge in [-0.25, -0.2) is 0 Å². The fraction of sp³-hybridized carbons (Fsp3) is 0.289. The molecule has 0 spiro atoms. The topological polar surface area (TPSA) is 16.1 Å². The lowest BCUT2D eigenvalue weighted by Crippen LogP contribution is -2.27. The van der Waals surface area contributed by atoms with Crippen molar-refractivity contribution in [2.75, 3.05) is 20.1 Å². The van der Waals surface area contributed by atoms with E-state index in [9.17, 15) is 0 Å². The van der Waals surface area contributed by atoms with Gasteiger partial charge in [-0.15, -0.1) is 0 Å². The van der Waals surface area contributed by atoms with Gasteiger partial charge in [-0.05, 0) is 105 Å². The average molecular weight is 533 g/mol. The van der Waals surface area contributed by atoms with E-state index >= 15 is 0 Å². The van der Waals surface area contributed by atoms with Gasteiger partial charge >= 0.3 is 0 Å². The van der Waals surface area contributed by atoms with Crippen LogP contribution >= 0.6 is 0 Å². The number of hydrogen-bond donors (Lipinski definition) is 0. The zero-order chi connectivity index (χ0) is 28.4. The number of pyridine rings is 1. The van der Waals surface area contributed by atoms with Gasteiger partial charge in [0.05, 0.1) is 5.69 Å². The van der Waals surface area contributed by atoms with Crippen LogP contribution < -0.4 is 0 Å². The molecule has 2 heteroatoms. The molecule has 0 atom stereocenters. The molecular weight excluding hydrogens is 484 g/mol. The standard InChI is InChI=1S/C20H24N2.C17H20.CH4/c1-15-7-4-5-9-18(15)19(17-10-13-22(3)14-11-17)20-16(2)8-6-12-21-20;1-6-7-10-13(2)15(4)16(5)17-12-9-8-11-14(17)3;/h4-9,12H,10-11,13-14H2,1-3H3;6-12H,1,5H2,2-4H3;1H4/b;10-7-,15-13+;. The minimum absolute atomic E-state index is 0. The molecule has 2 aromatic carbocycles. The number of hydrogen-bond acceptors (Lipinski definition) is 2. The first-order valence-corrected chi connectivity index (χ1v) is 13.8. The van der Waals surface area contributed by atoms with E-state index in [4.69, 9.17) is 4.98 Å². The second kappa shape index (κ2) is 15.7. The maximum absolute atomic E-state index is 4.72. The van der Waals surface area contributed by atoms with Crippen molar-refractivity contribution >= 4 is 11.1 Å². The van der Waals surface area contributed by atoms with Crippen LogP contribution in [0.2, 0.25) is 0 Å². The predicted molar refractivity (Wildman–Crippen MR) is 178 cm³/mol. The van der Waals surface area contributed by atoms with Crippen LogP contribution in [0.3, 0.4) is 0 Å². The van der Waals surface area contributed by atoms with Crippen LogP contribution in [-0.2, 0) is 0 Å². The third-order valence-electron chi connectivity index (χ3n) is 7.60. The normalized spacial score (nSPS) is 14.0. The number of rotatable bonds is 6. The average Bonchev–Trinajstić information content (AvgIpc) is 2.94. The van der Waals surface area contributed by atoms with Gasteiger partial charge < -0.3 is 4.90 Å². The summed E-state index contributed by atoms with van der Waals surface area (Å²) in [6.07, 6.45) is 9.98. The molecule has 0 bridgehead atoms. The molecule has 0 radical (unpaired) electrons. The van der Waals surface area contributed by atoms with Crippen LogP contribution in [-0.4, -0.2) is 30.0 Å². The fourth-order valence-corrected chi connectivity index (χ4v) is 4.91. The lowest BCUT2D eigenvalue weighted by Gasteiger charge is -2.27. The molecule has 1 aliphatic rings. The zero-order valence-corrected chi connectivity index (χ0v) is 24.7. The molecule has 0 amide bonds. The van der Waals surface area contributed by atoms with E-state index < -0.39 is 0 Å². The van der Waals surface area contributed by atoms with Crippen molar-refractivity contribution in [2.45, 2.75) is 54.9 Å². The number of benzene rings is 2. The van der Waals surface area contributed by atoms with Crippen LogP contribution in [0, 0.1) is 20.8 Å². The van der Waals surface area contributed by atoms with Crippen molar-refractivity contribution in [1.29, 1.82) is 0 Å². The number of likely N-dealkylation sites (tertiary alicyclic amines) is 1. The summed E-state index contributed by atoms with van der Waals surface area (Å²) < 4.78 is 0. The molecular formula is C38H48N2. The first-order valence-electron chi connectivity index (χ1n) is 13.8. The summed E-state index contributed by atoms with van der Waals surface area (Å²) in [5.41, 5.74) is 14.0. The van der Waals surface area contributed by atoms with Crippen LogP contribution in [0.4, 0.5) is 0 Å². The molecule has 3 aromatic rings. The Labute approximate surface area is 244 Å². The van der Waals surface area contributed by atoms with E-state index in [2.05, 4.69) is 120 Å². The molecule has 40 heavy (non-hydrogen) atoms. The second-order valence-electron chi connectivity index (χ2n) is 10.5. The molecule has 0 aliphatic carbocycles. The molecule has 0 saturated carbocycles. The van der Waals surface area contributed by atoms with E-state index in [1.165, 1.54) is 44.5 Å². The first-order chi connectivity index (χ1) is 18.7. The van der Waals surface area contributed by atoms with Crippen LogP contribution in [0.25, 0.3) is 11.1 Å². The second-order valence-corrected chi connectivity index (χ2v) is 10.5. The maximum atomic E-state index is 4.72. The highest BCUT2D eigenvalue weighted by molar-refractivity contribution is 5.83.